The average Bonchev–Trinajstić information content (AvgIpc) is 2.92. The van der Waals surface area contributed by atoms with Gasteiger partial charge in [0.15, 0.2) is 0 Å². The van der Waals surface area contributed by atoms with E-state index in [4.69, 9.17) is 0 Å². The summed E-state index contributed by atoms with van der Waals surface area (Å²) in [4.78, 5) is 12.7. The number of nitrogens with one attached hydrogen (secondary N) is 1. The van der Waals surface area contributed by atoms with Gasteiger partial charge >= 0.3 is 0 Å². The summed E-state index contributed by atoms with van der Waals surface area (Å²) in [5.74, 6) is -0.00271. The Morgan fingerprint density at radius 3 is 2.56 bits per heavy atom. The molecule has 0 aliphatic rings. The first-order chi connectivity index (χ1) is 8.70. The monoisotopic (exact) mass is 259 g/mol. The number of aryl methyl sites for hydroxylation is 1. The molecular formula is C15H17NOS. The highest BCUT2D eigenvalue weighted by molar-refractivity contribution is 7.12. The van der Waals surface area contributed by atoms with Crippen molar-refractivity contribution >= 4 is 17.2 Å². The Labute approximate surface area is 112 Å². The molecule has 0 saturated carbocycles. The molecule has 0 saturated heterocycles. The molecule has 0 unspecified atom stereocenters. The molecule has 3 heteroatoms. The highest BCUT2D eigenvalue weighted by Crippen LogP contribution is 2.16. The van der Waals surface area contributed by atoms with Gasteiger partial charge in [0.2, 0.25) is 0 Å². The minimum atomic E-state index is -0.00271. The summed E-state index contributed by atoms with van der Waals surface area (Å²) in [6.45, 7) is 4.14. The summed E-state index contributed by atoms with van der Waals surface area (Å²) < 4.78 is 0. The van der Waals surface area contributed by atoms with Crippen LogP contribution in [0.4, 0.5) is 0 Å². The minimum absolute atomic E-state index is 0.00271. The summed E-state index contributed by atoms with van der Waals surface area (Å²) in [6.07, 6.45) is 1.04. The summed E-state index contributed by atoms with van der Waals surface area (Å²) >= 11 is 1.46. The van der Waals surface area contributed by atoms with Crippen LogP contribution >= 0.6 is 11.3 Å². The number of hydrogen-bond acceptors (Lipinski definition) is 2. The quantitative estimate of drug-likeness (QED) is 0.889. The van der Waals surface area contributed by atoms with E-state index < -0.39 is 0 Å². The van der Waals surface area contributed by atoms with Crippen molar-refractivity contribution in [3.63, 3.8) is 0 Å². The molecule has 94 valence electrons. The number of hydrogen-bond donors (Lipinski definition) is 1. The van der Waals surface area contributed by atoms with Gasteiger partial charge in [-0.15, -0.1) is 11.3 Å². The lowest BCUT2D eigenvalue weighted by Crippen LogP contribution is -2.25. The standard InChI is InChI=1S/C15H17NOS/c1-3-12-6-8-13(9-7-12)11(2)16-15(17)14-5-4-10-18-14/h4-11H,3H2,1-2H3,(H,16,17)/t11-/m0/s1. The van der Waals surface area contributed by atoms with Gasteiger partial charge in [-0.1, -0.05) is 37.3 Å². The van der Waals surface area contributed by atoms with Crippen LogP contribution in [0.5, 0.6) is 0 Å². The molecule has 1 aromatic carbocycles. The summed E-state index contributed by atoms with van der Waals surface area (Å²) in [7, 11) is 0. The second-order valence-corrected chi connectivity index (χ2v) is 5.22. The van der Waals surface area contributed by atoms with Gasteiger partial charge in [-0.3, -0.25) is 4.79 Å². The highest BCUT2D eigenvalue weighted by atomic mass is 32.1. The Kier molecular flexibility index (Phi) is 4.15. The number of rotatable bonds is 4. The lowest BCUT2D eigenvalue weighted by atomic mass is 10.0. The predicted octanol–water partition coefficient (Wildman–Crippen LogP) is 3.80. The van der Waals surface area contributed by atoms with E-state index in [1.807, 2.05) is 24.4 Å². The lowest BCUT2D eigenvalue weighted by Gasteiger charge is -2.14. The SMILES string of the molecule is CCc1ccc([C@H](C)NC(=O)c2cccs2)cc1. The molecule has 2 nitrogen and oxygen atoms in total. The van der Waals surface area contributed by atoms with Gasteiger partial charge in [-0.05, 0) is 35.9 Å². The van der Waals surface area contributed by atoms with Crippen LogP contribution < -0.4 is 5.32 Å². The molecule has 1 heterocycles. The van der Waals surface area contributed by atoms with Gasteiger partial charge in [0, 0.05) is 0 Å². The van der Waals surface area contributed by atoms with Crippen LogP contribution in [0.15, 0.2) is 41.8 Å². The molecule has 0 fully saturated rings. The summed E-state index contributed by atoms with van der Waals surface area (Å²) in [6, 6.07) is 12.2. The molecule has 0 aliphatic carbocycles. The molecule has 2 rings (SSSR count). The third-order valence-electron chi connectivity index (χ3n) is 2.98. The Morgan fingerprint density at radius 2 is 2.00 bits per heavy atom. The van der Waals surface area contributed by atoms with Crippen molar-refractivity contribution in [2.24, 2.45) is 0 Å². The van der Waals surface area contributed by atoms with Gasteiger partial charge < -0.3 is 5.32 Å². The normalized spacial score (nSPS) is 12.1. The van der Waals surface area contributed by atoms with Crippen LogP contribution in [0.2, 0.25) is 0 Å². The Balaban J connectivity index is 2.02. The van der Waals surface area contributed by atoms with Crippen LogP contribution in [0.25, 0.3) is 0 Å². The van der Waals surface area contributed by atoms with E-state index in [2.05, 4.69) is 36.5 Å². The van der Waals surface area contributed by atoms with E-state index in [9.17, 15) is 4.79 Å². The van der Waals surface area contributed by atoms with Crippen molar-refractivity contribution in [1.29, 1.82) is 0 Å². The Morgan fingerprint density at radius 1 is 1.28 bits per heavy atom. The predicted molar refractivity (Wildman–Crippen MR) is 76.0 cm³/mol. The van der Waals surface area contributed by atoms with Gasteiger partial charge in [-0.2, -0.15) is 0 Å². The van der Waals surface area contributed by atoms with Crippen molar-refractivity contribution in [3.8, 4) is 0 Å². The highest BCUT2D eigenvalue weighted by Gasteiger charge is 2.11. The third kappa shape index (κ3) is 2.99. The molecular weight excluding hydrogens is 242 g/mol. The van der Waals surface area contributed by atoms with Gasteiger partial charge in [0.25, 0.3) is 5.91 Å². The average molecular weight is 259 g/mol. The zero-order valence-corrected chi connectivity index (χ0v) is 11.5. The van der Waals surface area contributed by atoms with Crippen LogP contribution in [0.1, 0.15) is 40.7 Å². The minimum Gasteiger partial charge on any atom is -0.345 e. The first kappa shape index (κ1) is 12.8. The molecule has 0 spiro atoms. The van der Waals surface area contributed by atoms with Gasteiger partial charge in [0.05, 0.1) is 10.9 Å². The maximum atomic E-state index is 11.9. The fourth-order valence-corrected chi connectivity index (χ4v) is 2.43. The smallest absolute Gasteiger partial charge is 0.261 e. The first-order valence-corrected chi connectivity index (χ1v) is 7.02. The third-order valence-corrected chi connectivity index (χ3v) is 3.85. The Bertz CT molecular complexity index is 502. The fourth-order valence-electron chi connectivity index (χ4n) is 1.80. The topological polar surface area (TPSA) is 29.1 Å². The largest absolute Gasteiger partial charge is 0.345 e. The number of thiophene rings is 1. The van der Waals surface area contributed by atoms with Crippen molar-refractivity contribution in [1.82, 2.24) is 5.32 Å². The van der Waals surface area contributed by atoms with E-state index in [1.54, 1.807) is 0 Å². The van der Waals surface area contributed by atoms with Crippen LogP contribution in [0, 0.1) is 0 Å². The van der Waals surface area contributed by atoms with Gasteiger partial charge in [0.1, 0.15) is 0 Å². The summed E-state index contributed by atoms with van der Waals surface area (Å²) in [5, 5.41) is 4.92. The fraction of sp³-hybridized carbons (Fsp3) is 0.267. The van der Waals surface area contributed by atoms with Crippen molar-refractivity contribution in [2.45, 2.75) is 26.3 Å². The van der Waals surface area contributed by atoms with Crippen LogP contribution in [-0.4, -0.2) is 5.91 Å². The number of carbonyl (C=O) groups excluding carboxylic acids is 1. The molecule has 0 aliphatic heterocycles. The number of carbonyl (C=O) groups is 1. The van der Waals surface area contributed by atoms with Crippen molar-refractivity contribution in [2.75, 3.05) is 0 Å². The van der Waals surface area contributed by atoms with E-state index >= 15 is 0 Å². The zero-order chi connectivity index (χ0) is 13.0. The molecule has 1 amide bonds. The molecule has 0 radical (unpaired) electrons. The summed E-state index contributed by atoms with van der Waals surface area (Å²) in [5.41, 5.74) is 2.45. The maximum Gasteiger partial charge on any atom is 0.261 e. The van der Waals surface area contributed by atoms with E-state index in [0.29, 0.717) is 0 Å². The molecule has 18 heavy (non-hydrogen) atoms. The van der Waals surface area contributed by atoms with Crippen molar-refractivity contribution < 1.29 is 4.79 Å². The Hall–Kier alpha value is -1.61. The van der Waals surface area contributed by atoms with Gasteiger partial charge in [-0.25, -0.2) is 0 Å². The van der Waals surface area contributed by atoms with E-state index in [-0.39, 0.29) is 11.9 Å². The zero-order valence-electron chi connectivity index (χ0n) is 10.6. The van der Waals surface area contributed by atoms with E-state index in [1.165, 1.54) is 16.9 Å². The van der Waals surface area contributed by atoms with Crippen molar-refractivity contribution in [3.05, 3.63) is 57.8 Å². The van der Waals surface area contributed by atoms with E-state index in [0.717, 1.165) is 16.9 Å². The second kappa shape index (κ2) is 5.83. The molecule has 2 aromatic rings. The molecule has 1 atom stereocenters. The molecule has 1 N–H and O–H groups in total. The lowest BCUT2D eigenvalue weighted by molar-refractivity contribution is 0.0944. The second-order valence-electron chi connectivity index (χ2n) is 4.27. The maximum absolute atomic E-state index is 11.9. The molecule has 1 aromatic heterocycles. The molecule has 0 bridgehead atoms. The number of benzene rings is 1. The van der Waals surface area contributed by atoms with Crippen LogP contribution in [-0.2, 0) is 6.42 Å². The number of amides is 1. The first-order valence-electron chi connectivity index (χ1n) is 6.14. The van der Waals surface area contributed by atoms with Crippen LogP contribution in [0.3, 0.4) is 0 Å².